The van der Waals surface area contributed by atoms with E-state index in [0.717, 1.165) is 32.2 Å². The van der Waals surface area contributed by atoms with E-state index in [-0.39, 0.29) is 0 Å². The highest BCUT2D eigenvalue weighted by atomic mass is 16.5. The van der Waals surface area contributed by atoms with E-state index in [1.54, 1.807) is 0 Å². The molecule has 4 rings (SSSR count). The molecule has 2 aliphatic heterocycles. The summed E-state index contributed by atoms with van der Waals surface area (Å²) in [4.78, 5) is 2.42. The van der Waals surface area contributed by atoms with Gasteiger partial charge >= 0.3 is 0 Å². The minimum Gasteiger partial charge on any atom is -0.378 e. The number of piperidine rings is 1. The number of fused-ring (bicyclic) bond motifs is 1. The second kappa shape index (κ2) is 3.97. The van der Waals surface area contributed by atoms with Crippen molar-refractivity contribution in [1.29, 1.82) is 0 Å². The summed E-state index contributed by atoms with van der Waals surface area (Å²) in [6.07, 6.45) is 1.39. The zero-order valence-corrected chi connectivity index (χ0v) is 10.7. The smallest absolute Gasteiger partial charge is 0.0642 e. The number of hydrogen-bond donors (Lipinski definition) is 1. The maximum atomic E-state index is 5.40. The van der Waals surface area contributed by atoms with Gasteiger partial charge in [-0.15, -0.1) is 0 Å². The van der Waals surface area contributed by atoms with Gasteiger partial charge in [0.2, 0.25) is 0 Å². The molecule has 1 aromatic carbocycles. The van der Waals surface area contributed by atoms with Crippen molar-refractivity contribution in [2.45, 2.75) is 11.8 Å². The van der Waals surface area contributed by atoms with Crippen LogP contribution in [0.5, 0.6) is 0 Å². The largest absolute Gasteiger partial charge is 0.378 e. The average Bonchev–Trinajstić information content (AvgIpc) is 3.02. The lowest BCUT2D eigenvalue weighted by Gasteiger charge is -2.29. The maximum absolute atomic E-state index is 5.40. The van der Waals surface area contributed by atoms with Gasteiger partial charge < -0.3 is 15.0 Å². The second-order valence-electron chi connectivity index (χ2n) is 5.83. The number of morpholine rings is 1. The van der Waals surface area contributed by atoms with Crippen molar-refractivity contribution in [3.05, 3.63) is 29.8 Å². The Hall–Kier alpha value is -1.06. The number of anilines is 1. The summed E-state index contributed by atoms with van der Waals surface area (Å²) in [6, 6.07) is 9.28. The van der Waals surface area contributed by atoms with Crippen LogP contribution >= 0.6 is 0 Å². The molecule has 0 bridgehead atoms. The fraction of sp³-hybridized carbons (Fsp3) is 0.600. The minimum atomic E-state index is 0.490. The predicted octanol–water partition coefficient (Wildman–Crippen LogP) is 1.38. The van der Waals surface area contributed by atoms with Gasteiger partial charge in [0.15, 0.2) is 0 Å². The number of ether oxygens (including phenoxy) is 1. The van der Waals surface area contributed by atoms with Gasteiger partial charge in [0.25, 0.3) is 0 Å². The first kappa shape index (κ1) is 10.8. The molecule has 0 radical (unpaired) electrons. The van der Waals surface area contributed by atoms with E-state index in [9.17, 15) is 0 Å². The molecule has 96 valence electrons. The van der Waals surface area contributed by atoms with Crippen LogP contribution in [0.1, 0.15) is 12.0 Å². The lowest BCUT2D eigenvalue weighted by Crippen LogP contribution is -2.36. The number of benzene rings is 1. The molecule has 2 saturated heterocycles. The highest BCUT2D eigenvalue weighted by molar-refractivity contribution is 5.50. The summed E-state index contributed by atoms with van der Waals surface area (Å²) in [5, 5.41) is 3.51. The standard InChI is InChI=1S/C15H20N2O/c1-3-14(17-5-7-18-8-6-17)4-2-12(1)15-9-13(15)10-16-11-15/h1-4,13,16H,5-11H2/t13-,15+/m0/s1. The molecule has 1 saturated carbocycles. The van der Waals surface area contributed by atoms with E-state index in [1.165, 1.54) is 30.8 Å². The minimum absolute atomic E-state index is 0.490. The van der Waals surface area contributed by atoms with Crippen LogP contribution in [0.15, 0.2) is 24.3 Å². The Balaban J connectivity index is 1.54. The molecule has 2 atom stereocenters. The Labute approximate surface area is 108 Å². The summed E-state index contributed by atoms with van der Waals surface area (Å²) >= 11 is 0. The molecular formula is C15H20N2O. The van der Waals surface area contributed by atoms with Crippen molar-refractivity contribution >= 4 is 5.69 Å². The summed E-state index contributed by atoms with van der Waals surface area (Å²) < 4.78 is 5.40. The van der Waals surface area contributed by atoms with Crippen LogP contribution < -0.4 is 10.2 Å². The molecular weight excluding hydrogens is 224 g/mol. The molecule has 3 aliphatic rings. The summed E-state index contributed by atoms with van der Waals surface area (Å²) in [5.74, 6) is 0.895. The van der Waals surface area contributed by atoms with Gasteiger partial charge in [-0.1, -0.05) is 12.1 Å². The van der Waals surface area contributed by atoms with Gasteiger partial charge in [-0.25, -0.2) is 0 Å². The van der Waals surface area contributed by atoms with Crippen molar-refractivity contribution in [1.82, 2.24) is 5.32 Å². The van der Waals surface area contributed by atoms with Gasteiger partial charge in [-0.05, 0) is 36.6 Å². The predicted molar refractivity (Wildman–Crippen MR) is 72.1 cm³/mol. The fourth-order valence-electron chi connectivity index (χ4n) is 3.62. The van der Waals surface area contributed by atoms with E-state index in [1.807, 2.05) is 0 Å². The van der Waals surface area contributed by atoms with Gasteiger partial charge in [0.1, 0.15) is 0 Å². The van der Waals surface area contributed by atoms with Crippen molar-refractivity contribution < 1.29 is 4.74 Å². The van der Waals surface area contributed by atoms with E-state index in [0.29, 0.717) is 5.41 Å². The van der Waals surface area contributed by atoms with Crippen molar-refractivity contribution in [3.63, 3.8) is 0 Å². The van der Waals surface area contributed by atoms with Crippen LogP contribution in [0, 0.1) is 5.92 Å². The van der Waals surface area contributed by atoms with E-state index < -0.39 is 0 Å². The van der Waals surface area contributed by atoms with Gasteiger partial charge in [-0.3, -0.25) is 0 Å². The zero-order chi connectivity index (χ0) is 12.0. The molecule has 0 unspecified atom stereocenters. The molecule has 0 amide bonds. The molecule has 3 nitrogen and oxygen atoms in total. The van der Waals surface area contributed by atoms with Gasteiger partial charge in [0, 0.05) is 30.7 Å². The summed E-state index contributed by atoms with van der Waals surface area (Å²) in [6.45, 7) is 6.15. The average molecular weight is 244 g/mol. The number of rotatable bonds is 2. The monoisotopic (exact) mass is 244 g/mol. The fourth-order valence-corrected chi connectivity index (χ4v) is 3.62. The van der Waals surface area contributed by atoms with E-state index in [2.05, 4.69) is 34.5 Å². The van der Waals surface area contributed by atoms with Crippen LogP contribution in [-0.2, 0) is 10.2 Å². The number of hydrogen-bond acceptors (Lipinski definition) is 3. The van der Waals surface area contributed by atoms with Crippen molar-refractivity contribution in [2.75, 3.05) is 44.3 Å². The quantitative estimate of drug-likeness (QED) is 0.850. The van der Waals surface area contributed by atoms with Crippen LogP contribution in [0.4, 0.5) is 5.69 Å². The molecule has 0 spiro atoms. The topological polar surface area (TPSA) is 24.5 Å². The Morgan fingerprint density at radius 2 is 1.94 bits per heavy atom. The lowest BCUT2D eigenvalue weighted by atomic mass is 9.95. The molecule has 3 heteroatoms. The molecule has 1 N–H and O–H groups in total. The first-order valence-electron chi connectivity index (χ1n) is 7.02. The molecule has 3 fully saturated rings. The molecule has 18 heavy (non-hydrogen) atoms. The van der Waals surface area contributed by atoms with Crippen molar-refractivity contribution in [3.8, 4) is 0 Å². The summed E-state index contributed by atoms with van der Waals surface area (Å²) in [7, 11) is 0. The number of nitrogens with zero attached hydrogens (tertiary/aromatic N) is 1. The third kappa shape index (κ3) is 1.57. The first-order chi connectivity index (χ1) is 8.88. The normalized spacial score (nSPS) is 34.4. The molecule has 1 aliphatic carbocycles. The first-order valence-corrected chi connectivity index (χ1v) is 7.02. The SMILES string of the molecule is c1cc([C@@]23CNC[C@@H]2C3)ccc1N1CCOCC1. The lowest BCUT2D eigenvalue weighted by molar-refractivity contribution is 0.122. The Bertz CT molecular complexity index is 438. The highest BCUT2D eigenvalue weighted by Crippen LogP contribution is 2.56. The van der Waals surface area contributed by atoms with Crippen LogP contribution in [0.3, 0.4) is 0 Å². The Morgan fingerprint density at radius 1 is 1.17 bits per heavy atom. The molecule has 0 aromatic heterocycles. The van der Waals surface area contributed by atoms with Crippen LogP contribution in [0.2, 0.25) is 0 Å². The van der Waals surface area contributed by atoms with Crippen molar-refractivity contribution in [2.24, 2.45) is 5.92 Å². The number of nitrogens with one attached hydrogen (secondary N) is 1. The third-order valence-corrected chi connectivity index (χ3v) is 4.88. The zero-order valence-electron chi connectivity index (χ0n) is 10.7. The second-order valence-corrected chi connectivity index (χ2v) is 5.83. The van der Waals surface area contributed by atoms with Crippen LogP contribution in [-0.4, -0.2) is 39.4 Å². The third-order valence-electron chi connectivity index (χ3n) is 4.88. The Kier molecular flexibility index (Phi) is 2.39. The van der Waals surface area contributed by atoms with E-state index in [4.69, 9.17) is 4.74 Å². The summed E-state index contributed by atoms with van der Waals surface area (Å²) in [5.41, 5.74) is 3.37. The van der Waals surface area contributed by atoms with Crippen LogP contribution in [0.25, 0.3) is 0 Å². The molecule has 2 heterocycles. The van der Waals surface area contributed by atoms with Gasteiger partial charge in [0.05, 0.1) is 13.2 Å². The Morgan fingerprint density at radius 3 is 2.56 bits per heavy atom. The van der Waals surface area contributed by atoms with Gasteiger partial charge in [-0.2, -0.15) is 0 Å². The van der Waals surface area contributed by atoms with E-state index >= 15 is 0 Å². The highest BCUT2D eigenvalue weighted by Gasteiger charge is 2.57. The molecule has 1 aromatic rings. The maximum Gasteiger partial charge on any atom is 0.0642 e.